The molecule has 1 aliphatic rings. The van der Waals surface area contributed by atoms with Crippen molar-refractivity contribution in [2.45, 2.75) is 32.2 Å². The van der Waals surface area contributed by atoms with Crippen molar-refractivity contribution in [3.05, 3.63) is 58.6 Å². The van der Waals surface area contributed by atoms with Crippen molar-refractivity contribution in [2.24, 2.45) is 0 Å². The van der Waals surface area contributed by atoms with Gasteiger partial charge in [0.05, 0.1) is 5.39 Å². The van der Waals surface area contributed by atoms with Gasteiger partial charge in [-0.3, -0.25) is 0 Å². The predicted octanol–water partition coefficient (Wildman–Crippen LogP) is 4.01. The van der Waals surface area contributed by atoms with E-state index in [4.69, 9.17) is 11.6 Å². The Balaban J connectivity index is 1.93. The van der Waals surface area contributed by atoms with Gasteiger partial charge in [0, 0.05) is 12.2 Å². The summed E-state index contributed by atoms with van der Waals surface area (Å²) in [5, 5.41) is 1.65. The molecule has 0 saturated heterocycles. The molecule has 0 unspecified atom stereocenters. The van der Waals surface area contributed by atoms with Gasteiger partial charge in [0.25, 0.3) is 0 Å². The summed E-state index contributed by atoms with van der Waals surface area (Å²) in [5.41, 5.74) is 5.02. The van der Waals surface area contributed by atoms with E-state index < -0.39 is 0 Å². The topological polar surface area (TPSA) is 30.7 Å². The quantitative estimate of drug-likeness (QED) is 0.669. The summed E-state index contributed by atoms with van der Waals surface area (Å²) in [6, 6.07) is 10.5. The maximum atomic E-state index is 6.35. The second-order valence-electron chi connectivity index (χ2n) is 5.57. The SMILES string of the molecule is Clc1ncnc2c1c1c(n2Cc2ccccc2)CCCC1. The van der Waals surface area contributed by atoms with Crippen molar-refractivity contribution < 1.29 is 0 Å². The zero-order chi connectivity index (χ0) is 14.2. The number of hydrogen-bond donors (Lipinski definition) is 0. The summed E-state index contributed by atoms with van der Waals surface area (Å²) in [4.78, 5) is 8.69. The summed E-state index contributed by atoms with van der Waals surface area (Å²) in [7, 11) is 0. The van der Waals surface area contributed by atoms with Crippen molar-refractivity contribution in [1.29, 1.82) is 0 Å². The number of nitrogens with zero attached hydrogens (tertiary/aromatic N) is 3. The number of aryl methyl sites for hydroxylation is 1. The first-order valence-corrected chi connectivity index (χ1v) is 7.77. The highest BCUT2D eigenvalue weighted by atomic mass is 35.5. The van der Waals surface area contributed by atoms with E-state index in [1.54, 1.807) is 6.33 Å². The van der Waals surface area contributed by atoms with Crippen molar-refractivity contribution in [3.63, 3.8) is 0 Å². The molecule has 21 heavy (non-hydrogen) atoms. The predicted molar refractivity (Wildman–Crippen MR) is 84.7 cm³/mol. The van der Waals surface area contributed by atoms with Gasteiger partial charge >= 0.3 is 0 Å². The van der Waals surface area contributed by atoms with Crippen LogP contribution in [0.2, 0.25) is 5.15 Å². The van der Waals surface area contributed by atoms with E-state index in [1.807, 2.05) is 6.07 Å². The Labute approximate surface area is 128 Å². The smallest absolute Gasteiger partial charge is 0.145 e. The van der Waals surface area contributed by atoms with Crippen LogP contribution in [0.4, 0.5) is 0 Å². The standard InChI is InChI=1S/C17H16ClN3/c18-16-15-13-8-4-5-9-14(13)21(17(15)20-11-19-16)10-12-6-2-1-3-7-12/h1-3,6-7,11H,4-5,8-10H2. The highest BCUT2D eigenvalue weighted by Gasteiger charge is 2.22. The Morgan fingerprint density at radius 1 is 1.05 bits per heavy atom. The fraction of sp³-hybridized carbons (Fsp3) is 0.294. The van der Waals surface area contributed by atoms with Crippen LogP contribution in [0, 0.1) is 0 Å². The first-order chi connectivity index (χ1) is 10.3. The fourth-order valence-electron chi connectivity index (χ4n) is 3.34. The van der Waals surface area contributed by atoms with Crippen LogP contribution in [0.15, 0.2) is 36.7 Å². The van der Waals surface area contributed by atoms with E-state index in [2.05, 4.69) is 38.8 Å². The van der Waals surface area contributed by atoms with Crippen molar-refractivity contribution in [3.8, 4) is 0 Å². The van der Waals surface area contributed by atoms with Gasteiger partial charge < -0.3 is 4.57 Å². The number of halogens is 1. The molecule has 0 N–H and O–H groups in total. The van der Waals surface area contributed by atoms with E-state index in [0.717, 1.165) is 30.4 Å². The monoisotopic (exact) mass is 297 g/mol. The van der Waals surface area contributed by atoms with E-state index in [1.165, 1.54) is 29.7 Å². The van der Waals surface area contributed by atoms with E-state index in [0.29, 0.717) is 5.15 Å². The van der Waals surface area contributed by atoms with Gasteiger partial charge in [-0.25, -0.2) is 9.97 Å². The van der Waals surface area contributed by atoms with Crippen LogP contribution in [0.5, 0.6) is 0 Å². The Kier molecular flexibility index (Phi) is 3.15. The van der Waals surface area contributed by atoms with Crippen LogP contribution in [0.3, 0.4) is 0 Å². The van der Waals surface area contributed by atoms with Crippen molar-refractivity contribution in [1.82, 2.24) is 14.5 Å². The molecule has 0 aliphatic heterocycles. The molecule has 4 rings (SSSR count). The van der Waals surface area contributed by atoms with Gasteiger partial charge in [0.15, 0.2) is 0 Å². The van der Waals surface area contributed by atoms with Crippen LogP contribution in [0.1, 0.15) is 29.7 Å². The number of aromatic nitrogens is 3. The number of fused-ring (bicyclic) bond motifs is 3. The minimum absolute atomic E-state index is 0.588. The Morgan fingerprint density at radius 3 is 2.71 bits per heavy atom. The zero-order valence-electron chi connectivity index (χ0n) is 11.7. The van der Waals surface area contributed by atoms with Crippen LogP contribution in [-0.4, -0.2) is 14.5 Å². The summed E-state index contributed by atoms with van der Waals surface area (Å²) >= 11 is 6.35. The van der Waals surface area contributed by atoms with E-state index in [-0.39, 0.29) is 0 Å². The lowest BCUT2D eigenvalue weighted by Gasteiger charge is -2.15. The third-order valence-corrected chi connectivity index (χ3v) is 4.57. The van der Waals surface area contributed by atoms with Crippen molar-refractivity contribution >= 4 is 22.6 Å². The van der Waals surface area contributed by atoms with Crippen LogP contribution >= 0.6 is 11.6 Å². The Bertz CT molecular complexity index is 793. The van der Waals surface area contributed by atoms with Crippen LogP contribution in [0.25, 0.3) is 11.0 Å². The molecule has 4 heteroatoms. The van der Waals surface area contributed by atoms with Crippen LogP contribution < -0.4 is 0 Å². The average Bonchev–Trinajstić information content (AvgIpc) is 2.84. The molecule has 1 aromatic carbocycles. The molecule has 0 spiro atoms. The summed E-state index contributed by atoms with van der Waals surface area (Å²) in [6.07, 6.45) is 6.22. The molecule has 0 bridgehead atoms. The van der Waals surface area contributed by atoms with Gasteiger partial charge in [-0.2, -0.15) is 0 Å². The zero-order valence-corrected chi connectivity index (χ0v) is 12.5. The summed E-state index contributed by atoms with van der Waals surface area (Å²) in [5.74, 6) is 0. The lowest BCUT2D eigenvalue weighted by atomic mass is 9.96. The molecule has 0 fully saturated rings. The molecule has 0 saturated carbocycles. The summed E-state index contributed by atoms with van der Waals surface area (Å²) < 4.78 is 2.33. The molecule has 2 aromatic heterocycles. The third kappa shape index (κ3) is 2.12. The first kappa shape index (κ1) is 12.8. The number of hydrogen-bond acceptors (Lipinski definition) is 2. The lowest BCUT2D eigenvalue weighted by molar-refractivity contribution is 0.636. The molecule has 1 aliphatic carbocycles. The molecule has 106 valence electrons. The largest absolute Gasteiger partial charge is 0.325 e. The number of rotatable bonds is 2. The fourth-order valence-corrected chi connectivity index (χ4v) is 3.58. The van der Waals surface area contributed by atoms with Crippen molar-refractivity contribution in [2.75, 3.05) is 0 Å². The van der Waals surface area contributed by atoms with Gasteiger partial charge in [-0.1, -0.05) is 41.9 Å². The minimum Gasteiger partial charge on any atom is -0.325 e. The molecule has 2 heterocycles. The first-order valence-electron chi connectivity index (χ1n) is 7.39. The molecule has 0 radical (unpaired) electrons. The Morgan fingerprint density at radius 2 is 1.86 bits per heavy atom. The second-order valence-corrected chi connectivity index (χ2v) is 5.93. The molecular formula is C17H16ClN3. The highest BCUT2D eigenvalue weighted by Crippen LogP contribution is 2.34. The molecule has 3 nitrogen and oxygen atoms in total. The summed E-state index contributed by atoms with van der Waals surface area (Å²) in [6.45, 7) is 0.847. The maximum absolute atomic E-state index is 6.35. The van der Waals surface area contributed by atoms with Gasteiger partial charge in [-0.05, 0) is 36.8 Å². The number of benzene rings is 1. The molecule has 0 atom stereocenters. The molecule has 3 aromatic rings. The molecular weight excluding hydrogens is 282 g/mol. The van der Waals surface area contributed by atoms with Gasteiger partial charge in [0.2, 0.25) is 0 Å². The van der Waals surface area contributed by atoms with Crippen LogP contribution in [-0.2, 0) is 19.4 Å². The average molecular weight is 298 g/mol. The van der Waals surface area contributed by atoms with E-state index in [9.17, 15) is 0 Å². The maximum Gasteiger partial charge on any atom is 0.145 e. The minimum atomic E-state index is 0.588. The molecule has 0 amide bonds. The van der Waals surface area contributed by atoms with Gasteiger partial charge in [0.1, 0.15) is 17.1 Å². The lowest BCUT2D eigenvalue weighted by Crippen LogP contribution is -2.09. The van der Waals surface area contributed by atoms with E-state index >= 15 is 0 Å². The Hall–Kier alpha value is -1.87. The second kappa shape index (κ2) is 5.15. The normalized spacial score (nSPS) is 14.3. The highest BCUT2D eigenvalue weighted by molar-refractivity contribution is 6.34. The van der Waals surface area contributed by atoms with Gasteiger partial charge in [-0.15, -0.1) is 0 Å². The third-order valence-electron chi connectivity index (χ3n) is 4.29.